The van der Waals surface area contributed by atoms with E-state index in [2.05, 4.69) is 144 Å². The first-order valence-corrected chi connectivity index (χ1v) is 18.0. The first-order valence-electron chi connectivity index (χ1n) is 16.5. The Labute approximate surface area is 326 Å². The molecular weight excluding hydrogens is 893 g/mol. The Morgan fingerprint density at radius 3 is 1.81 bits per heavy atom. The molecule has 0 aliphatic rings. The summed E-state index contributed by atoms with van der Waals surface area (Å²) in [6.45, 7) is 12.1. The number of hydrogen-bond donors (Lipinski definition) is 0. The number of benzene rings is 4. The standard InChI is InChI=1S/C19H16P.C15H14F2N.C8H5F3N4.Ir/c1-16-10-8-9-15-19(16)20(17-11-4-2-5-12-17)18-13-6-3-7-14-18;1-15(2,3)10-6-7-18-14(8-10)12-5-4-11(16)9-13(12)17;1-4-2-5(13-12-4)6-3-7(15-14-6)8(9,10)11;/h2-15H,1H2;4,6-9H,1-3H3;2-3H,1H3;/q2*-1;-2;/p+1. The summed E-state index contributed by atoms with van der Waals surface area (Å²) in [6, 6.07) is 40.7. The molecule has 0 unspecified atom stereocenters. The topological polar surface area (TPSA) is 66.9 Å². The van der Waals surface area contributed by atoms with E-state index in [0.29, 0.717) is 17.1 Å². The van der Waals surface area contributed by atoms with E-state index in [1.165, 1.54) is 15.9 Å². The van der Waals surface area contributed by atoms with Gasteiger partial charge in [-0.2, -0.15) is 31.7 Å². The molecule has 7 aromatic rings. The predicted octanol–water partition coefficient (Wildman–Crippen LogP) is 8.87. The number of nitrogens with zero attached hydrogens (tertiary/aromatic N) is 5. The monoisotopic (exact) mass is 929 g/mol. The number of hydrogen-bond acceptors (Lipinski definition) is 3. The molecular formula is C42H36F5IrN5P-3. The van der Waals surface area contributed by atoms with Crippen LogP contribution in [-0.2, 0) is 31.7 Å². The zero-order valence-corrected chi connectivity index (χ0v) is 33.2. The van der Waals surface area contributed by atoms with Gasteiger partial charge in [0.25, 0.3) is 0 Å². The maximum atomic E-state index is 13.7. The zero-order valence-electron chi connectivity index (χ0n) is 29.8. The van der Waals surface area contributed by atoms with E-state index < -0.39 is 31.4 Å². The molecule has 1 radical (unpaired) electrons. The molecule has 0 bridgehead atoms. The third kappa shape index (κ3) is 11.0. The van der Waals surface area contributed by atoms with Crippen molar-refractivity contribution in [3.05, 3.63) is 175 Å². The second kappa shape index (κ2) is 18.4. The largest absolute Gasteiger partial charge is 0.576 e. The molecule has 0 saturated carbocycles. The van der Waals surface area contributed by atoms with Crippen LogP contribution in [0.3, 0.4) is 0 Å². The van der Waals surface area contributed by atoms with Crippen molar-refractivity contribution in [1.29, 1.82) is 0 Å². The minimum absolute atomic E-state index is 0. The van der Waals surface area contributed by atoms with Crippen molar-refractivity contribution in [1.82, 2.24) is 25.4 Å². The fourth-order valence-electron chi connectivity index (χ4n) is 5.20. The third-order valence-corrected chi connectivity index (χ3v) is 10.8. The molecule has 0 amide bonds. The number of rotatable bonds is 5. The fraction of sp³-hybridized carbons (Fsp3) is 0.143. The van der Waals surface area contributed by atoms with E-state index in [4.69, 9.17) is 0 Å². The molecule has 54 heavy (non-hydrogen) atoms. The van der Waals surface area contributed by atoms with Gasteiger partial charge in [0, 0.05) is 48.9 Å². The quantitative estimate of drug-likeness (QED) is 0.0982. The van der Waals surface area contributed by atoms with Crippen LogP contribution in [0.5, 0.6) is 0 Å². The Balaban J connectivity index is 0.000000181. The summed E-state index contributed by atoms with van der Waals surface area (Å²) in [6.07, 6.45) is -2.84. The van der Waals surface area contributed by atoms with E-state index in [1.54, 1.807) is 19.2 Å². The average Bonchev–Trinajstić information content (AvgIpc) is 3.81. The molecule has 4 aromatic carbocycles. The molecule has 0 saturated heterocycles. The Hall–Kier alpha value is -4.95. The van der Waals surface area contributed by atoms with E-state index in [-0.39, 0.29) is 36.8 Å². The second-order valence-electron chi connectivity index (χ2n) is 13.0. The van der Waals surface area contributed by atoms with Gasteiger partial charge in [0.15, 0.2) is 0 Å². The van der Waals surface area contributed by atoms with E-state index in [0.717, 1.165) is 29.3 Å². The SMILES string of the molecule is CC(C)(C)c1ccnc(-c2[c-]cc(F)cc2F)c1.Cc1cc(-c2cc(C(F)(F)F)n[n-]2)[n-]n1.[CH2-]c1ccccc1[PH+](c1ccccc1)c1ccccc1.[Ir]. The molecule has 0 aliphatic carbocycles. The van der Waals surface area contributed by atoms with Gasteiger partial charge in [-0.15, -0.1) is 29.6 Å². The molecule has 12 heteroatoms. The number of alkyl halides is 3. The van der Waals surface area contributed by atoms with Crippen LogP contribution in [0, 0.1) is 31.5 Å². The molecule has 3 heterocycles. The van der Waals surface area contributed by atoms with Crippen molar-refractivity contribution in [2.45, 2.75) is 39.3 Å². The van der Waals surface area contributed by atoms with Gasteiger partial charge in [-0.3, -0.25) is 8.78 Å². The smallest absolute Gasteiger partial charge is 0.431 e. The fourth-order valence-corrected chi connectivity index (χ4v) is 7.87. The van der Waals surface area contributed by atoms with Crippen LogP contribution >= 0.6 is 7.92 Å². The minimum atomic E-state index is -4.47. The molecule has 0 fully saturated rings. The molecule has 281 valence electrons. The predicted molar refractivity (Wildman–Crippen MR) is 202 cm³/mol. The Morgan fingerprint density at radius 2 is 1.30 bits per heavy atom. The van der Waals surface area contributed by atoms with Crippen LogP contribution in [0.15, 0.2) is 128 Å². The van der Waals surface area contributed by atoms with Crippen LogP contribution in [0.25, 0.3) is 22.6 Å². The summed E-state index contributed by atoms with van der Waals surface area (Å²) in [5, 5.41) is 17.9. The number of halogens is 5. The maximum Gasteiger partial charge on any atom is 0.431 e. The number of pyridine rings is 1. The van der Waals surface area contributed by atoms with Gasteiger partial charge >= 0.3 is 6.18 Å². The van der Waals surface area contributed by atoms with Gasteiger partial charge in [-0.25, -0.2) is 0 Å². The zero-order chi connectivity index (χ0) is 38.2. The van der Waals surface area contributed by atoms with Gasteiger partial charge < -0.3 is 25.4 Å². The minimum Gasteiger partial charge on any atom is -0.576 e. The molecule has 7 rings (SSSR count). The first-order chi connectivity index (χ1) is 25.2. The van der Waals surface area contributed by atoms with Gasteiger partial charge in [-0.05, 0) is 60.0 Å². The van der Waals surface area contributed by atoms with Crippen molar-refractivity contribution >= 4 is 23.8 Å². The summed E-state index contributed by atoms with van der Waals surface area (Å²) >= 11 is 0. The van der Waals surface area contributed by atoms with Crippen LogP contribution < -0.4 is 26.1 Å². The third-order valence-electron chi connectivity index (χ3n) is 7.90. The van der Waals surface area contributed by atoms with Crippen LogP contribution in [0.2, 0.25) is 0 Å². The van der Waals surface area contributed by atoms with E-state index in [9.17, 15) is 22.0 Å². The van der Waals surface area contributed by atoms with E-state index in [1.807, 2.05) is 12.1 Å². The summed E-state index contributed by atoms with van der Waals surface area (Å²) < 4.78 is 63.0. The van der Waals surface area contributed by atoms with Crippen molar-refractivity contribution in [3.8, 4) is 22.6 Å². The maximum absolute atomic E-state index is 13.7. The van der Waals surface area contributed by atoms with Crippen molar-refractivity contribution < 1.29 is 42.1 Å². The normalized spacial score (nSPS) is 11.1. The van der Waals surface area contributed by atoms with Crippen molar-refractivity contribution in [2.24, 2.45) is 0 Å². The van der Waals surface area contributed by atoms with Crippen LogP contribution in [0.1, 0.15) is 43.3 Å². The Kier molecular flexibility index (Phi) is 14.2. The van der Waals surface area contributed by atoms with Gasteiger partial charge in [0.2, 0.25) is 0 Å². The second-order valence-corrected chi connectivity index (χ2v) is 15.4. The van der Waals surface area contributed by atoms with Crippen LogP contribution in [-0.4, -0.2) is 15.2 Å². The molecule has 3 aromatic heterocycles. The molecule has 0 spiro atoms. The van der Waals surface area contributed by atoms with Crippen LogP contribution in [0.4, 0.5) is 22.0 Å². The average molecular weight is 929 g/mol. The van der Waals surface area contributed by atoms with Crippen molar-refractivity contribution in [2.75, 3.05) is 0 Å². The first kappa shape index (κ1) is 41.8. The number of aryl methyl sites for hydroxylation is 1. The summed E-state index contributed by atoms with van der Waals surface area (Å²) in [7, 11) is -0.970. The Morgan fingerprint density at radius 1 is 0.722 bits per heavy atom. The van der Waals surface area contributed by atoms with Gasteiger partial charge in [0.05, 0.1) is 18.5 Å². The van der Waals surface area contributed by atoms with E-state index >= 15 is 0 Å². The molecule has 0 aliphatic heterocycles. The van der Waals surface area contributed by atoms with Gasteiger partial charge in [-0.1, -0.05) is 93.1 Å². The van der Waals surface area contributed by atoms with Crippen molar-refractivity contribution in [3.63, 3.8) is 0 Å². The summed E-state index contributed by atoms with van der Waals surface area (Å²) in [4.78, 5) is 4.12. The molecule has 0 atom stereocenters. The van der Waals surface area contributed by atoms with Gasteiger partial charge in [0.1, 0.15) is 5.69 Å². The molecule has 0 N–H and O–H groups in total. The Bertz CT molecular complexity index is 2190. The molecule has 5 nitrogen and oxygen atoms in total. The number of aromatic nitrogens is 5. The summed E-state index contributed by atoms with van der Waals surface area (Å²) in [5.41, 5.74) is 2.80. The summed E-state index contributed by atoms with van der Waals surface area (Å²) in [5.74, 6) is -1.28.